The summed E-state index contributed by atoms with van der Waals surface area (Å²) in [4.78, 5) is 3.37. The van der Waals surface area contributed by atoms with Crippen molar-refractivity contribution in [3.8, 4) is 0 Å². The smallest absolute Gasteiger partial charge is 0.242 e. The second kappa shape index (κ2) is 5.46. The van der Waals surface area contributed by atoms with Crippen LogP contribution in [0.1, 0.15) is 5.69 Å². The third-order valence-electron chi connectivity index (χ3n) is 2.76. The summed E-state index contributed by atoms with van der Waals surface area (Å²) >= 11 is 0. The van der Waals surface area contributed by atoms with Gasteiger partial charge in [0, 0.05) is 31.7 Å². The molecule has 0 fully saturated rings. The minimum absolute atomic E-state index is 0.286. The third-order valence-corrected chi connectivity index (χ3v) is 4.57. The maximum absolute atomic E-state index is 12.0. The van der Waals surface area contributed by atoms with Gasteiger partial charge < -0.3 is 10.3 Å². The van der Waals surface area contributed by atoms with Gasteiger partial charge in [0.2, 0.25) is 10.0 Å². The van der Waals surface area contributed by atoms with Crippen molar-refractivity contribution in [2.45, 2.75) is 11.4 Å². The SMILES string of the molecule is CN(C)S(=O)(=O)c1cccc(NCc2ccc[nH]2)c1. The summed E-state index contributed by atoms with van der Waals surface area (Å²) in [5, 5.41) is 3.18. The lowest BCUT2D eigenvalue weighted by Crippen LogP contribution is -2.22. The van der Waals surface area contributed by atoms with E-state index in [0.717, 1.165) is 11.4 Å². The van der Waals surface area contributed by atoms with Crippen LogP contribution in [-0.2, 0) is 16.6 Å². The first kappa shape index (κ1) is 13.6. The number of benzene rings is 1. The van der Waals surface area contributed by atoms with Crippen LogP contribution in [0.5, 0.6) is 0 Å². The summed E-state index contributed by atoms with van der Waals surface area (Å²) in [5.41, 5.74) is 1.82. The largest absolute Gasteiger partial charge is 0.379 e. The van der Waals surface area contributed by atoms with Crippen molar-refractivity contribution in [3.63, 3.8) is 0 Å². The second-order valence-corrected chi connectivity index (χ2v) is 6.52. The lowest BCUT2D eigenvalue weighted by molar-refractivity contribution is 0.521. The Kier molecular flexibility index (Phi) is 3.92. The van der Waals surface area contributed by atoms with Crippen LogP contribution in [0.4, 0.5) is 5.69 Å². The van der Waals surface area contributed by atoms with E-state index in [4.69, 9.17) is 0 Å². The minimum Gasteiger partial charge on any atom is -0.379 e. The average molecular weight is 279 g/mol. The van der Waals surface area contributed by atoms with E-state index in [1.165, 1.54) is 18.4 Å². The van der Waals surface area contributed by atoms with Gasteiger partial charge in [-0.2, -0.15) is 0 Å². The molecule has 1 aromatic heterocycles. The van der Waals surface area contributed by atoms with Gasteiger partial charge in [-0.3, -0.25) is 0 Å². The Morgan fingerprint density at radius 1 is 1.21 bits per heavy atom. The summed E-state index contributed by atoms with van der Waals surface area (Å²) < 4.78 is 25.2. The van der Waals surface area contributed by atoms with Crippen molar-refractivity contribution in [3.05, 3.63) is 48.3 Å². The van der Waals surface area contributed by atoms with Crippen molar-refractivity contribution in [2.75, 3.05) is 19.4 Å². The van der Waals surface area contributed by atoms with Crippen molar-refractivity contribution >= 4 is 15.7 Å². The normalized spacial score (nSPS) is 11.7. The van der Waals surface area contributed by atoms with Crippen LogP contribution in [0.2, 0.25) is 0 Å². The Hall–Kier alpha value is -1.79. The monoisotopic (exact) mass is 279 g/mol. The number of aromatic nitrogens is 1. The average Bonchev–Trinajstić information content (AvgIpc) is 2.89. The number of hydrogen-bond acceptors (Lipinski definition) is 3. The van der Waals surface area contributed by atoms with E-state index in [0.29, 0.717) is 6.54 Å². The second-order valence-electron chi connectivity index (χ2n) is 4.36. The topological polar surface area (TPSA) is 65.2 Å². The molecule has 1 aromatic carbocycles. The molecule has 0 radical (unpaired) electrons. The Balaban J connectivity index is 2.16. The fourth-order valence-corrected chi connectivity index (χ4v) is 2.60. The Morgan fingerprint density at radius 3 is 2.63 bits per heavy atom. The van der Waals surface area contributed by atoms with Crippen LogP contribution < -0.4 is 5.32 Å². The highest BCUT2D eigenvalue weighted by Crippen LogP contribution is 2.18. The van der Waals surface area contributed by atoms with Gasteiger partial charge in [-0.1, -0.05) is 6.07 Å². The molecule has 2 rings (SSSR count). The van der Waals surface area contributed by atoms with Crippen molar-refractivity contribution < 1.29 is 8.42 Å². The van der Waals surface area contributed by atoms with Gasteiger partial charge in [-0.05, 0) is 30.3 Å². The molecule has 102 valence electrons. The van der Waals surface area contributed by atoms with Crippen LogP contribution in [0, 0.1) is 0 Å². The lowest BCUT2D eigenvalue weighted by Gasteiger charge is -2.12. The standard InChI is InChI=1S/C13H17N3O2S/c1-16(2)19(17,18)13-7-3-5-11(9-13)15-10-12-6-4-8-14-12/h3-9,14-15H,10H2,1-2H3. The number of hydrogen-bond donors (Lipinski definition) is 2. The van der Waals surface area contributed by atoms with Gasteiger partial charge in [0.25, 0.3) is 0 Å². The van der Waals surface area contributed by atoms with Crippen LogP contribution in [-0.4, -0.2) is 31.8 Å². The number of H-pyrrole nitrogens is 1. The van der Waals surface area contributed by atoms with E-state index in [-0.39, 0.29) is 4.90 Å². The maximum Gasteiger partial charge on any atom is 0.242 e. The van der Waals surface area contributed by atoms with Gasteiger partial charge in [-0.15, -0.1) is 0 Å². The minimum atomic E-state index is -3.39. The summed E-state index contributed by atoms with van der Waals surface area (Å²) in [6.45, 7) is 0.623. The predicted octanol–water partition coefficient (Wildman–Crippen LogP) is 1.88. The Labute approximate surface area is 113 Å². The molecule has 0 aliphatic carbocycles. The van der Waals surface area contributed by atoms with Crippen LogP contribution in [0.15, 0.2) is 47.5 Å². The highest BCUT2D eigenvalue weighted by molar-refractivity contribution is 7.89. The Morgan fingerprint density at radius 2 is 2.00 bits per heavy atom. The van der Waals surface area contributed by atoms with Crippen molar-refractivity contribution in [2.24, 2.45) is 0 Å². The van der Waals surface area contributed by atoms with E-state index < -0.39 is 10.0 Å². The molecule has 0 aliphatic heterocycles. The summed E-state index contributed by atoms with van der Waals surface area (Å²) in [7, 11) is -0.342. The van der Waals surface area contributed by atoms with E-state index in [9.17, 15) is 8.42 Å². The van der Waals surface area contributed by atoms with Gasteiger partial charge >= 0.3 is 0 Å². The van der Waals surface area contributed by atoms with E-state index >= 15 is 0 Å². The number of sulfonamides is 1. The van der Waals surface area contributed by atoms with Gasteiger partial charge in [-0.25, -0.2) is 12.7 Å². The van der Waals surface area contributed by atoms with Crippen LogP contribution in [0.25, 0.3) is 0 Å². The van der Waals surface area contributed by atoms with Gasteiger partial charge in [0.15, 0.2) is 0 Å². The molecule has 2 aromatic rings. The molecule has 0 saturated heterocycles. The first-order chi connectivity index (χ1) is 9.00. The molecular weight excluding hydrogens is 262 g/mol. The van der Waals surface area contributed by atoms with Crippen LogP contribution in [0.3, 0.4) is 0 Å². The van der Waals surface area contributed by atoms with Crippen molar-refractivity contribution in [1.29, 1.82) is 0 Å². The predicted molar refractivity (Wildman–Crippen MR) is 75.4 cm³/mol. The molecule has 6 heteroatoms. The highest BCUT2D eigenvalue weighted by Gasteiger charge is 2.16. The maximum atomic E-state index is 12.0. The fourth-order valence-electron chi connectivity index (χ4n) is 1.65. The molecule has 1 heterocycles. The first-order valence-electron chi connectivity index (χ1n) is 5.89. The summed E-state index contributed by atoms with van der Waals surface area (Å²) in [6, 6.07) is 10.7. The Bertz CT molecular complexity index is 634. The van der Waals surface area contributed by atoms with E-state index in [1.54, 1.807) is 18.2 Å². The molecule has 0 spiro atoms. The number of rotatable bonds is 5. The first-order valence-corrected chi connectivity index (χ1v) is 7.33. The van der Waals surface area contributed by atoms with Gasteiger partial charge in [0.1, 0.15) is 0 Å². The molecule has 19 heavy (non-hydrogen) atoms. The molecule has 2 N–H and O–H groups in total. The summed E-state index contributed by atoms with van der Waals surface area (Å²) in [5.74, 6) is 0. The van der Waals surface area contributed by atoms with E-state index in [2.05, 4.69) is 10.3 Å². The highest BCUT2D eigenvalue weighted by atomic mass is 32.2. The molecule has 0 saturated carbocycles. The molecule has 0 aliphatic rings. The lowest BCUT2D eigenvalue weighted by atomic mass is 10.3. The number of aromatic amines is 1. The van der Waals surface area contributed by atoms with Crippen molar-refractivity contribution in [1.82, 2.24) is 9.29 Å². The molecule has 0 bridgehead atoms. The molecule has 0 amide bonds. The number of anilines is 1. The molecule has 0 unspecified atom stereocenters. The van der Waals surface area contributed by atoms with E-state index in [1.807, 2.05) is 24.4 Å². The number of nitrogens with zero attached hydrogens (tertiary/aromatic N) is 1. The summed E-state index contributed by atoms with van der Waals surface area (Å²) in [6.07, 6.45) is 1.85. The zero-order valence-corrected chi connectivity index (χ0v) is 11.7. The molecule has 5 nitrogen and oxygen atoms in total. The fraction of sp³-hybridized carbons (Fsp3) is 0.231. The third kappa shape index (κ3) is 3.15. The number of nitrogens with one attached hydrogen (secondary N) is 2. The van der Waals surface area contributed by atoms with Crippen LogP contribution >= 0.6 is 0 Å². The quantitative estimate of drug-likeness (QED) is 0.878. The zero-order valence-electron chi connectivity index (χ0n) is 10.9. The zero-order chi connectivity index (χ0) is 13.9. The van der Waals surface area contributed by atoms with Gasteiger partial charge in [0.05, 0.1) is 11.4 Å². The molecule has 0 atom stereocenters. The molecular formula is C13H17N3O2S.